The van der Waals surface area contributed by atoms with E-state index in [1.807, 2.05) is 25.1 Å². The van der Waals surface area contributed by atoms with E-state index in [9.17, 15) is 67.2 Å². The second-order valence-electron chi connectivity index (χ2n) is 28.8. The summed E-state index contributed by atoms with van der Waals surface area (Å²) in [6.07, 6.45) is 2.55. The number of aliphatic carboxylic acids is 1. The number of aromatic nitrogens is 2. The molecule has 0 bridgehead atoms. The number of primary amides is 1. The van der Waals surface area contributed by atoms with Crippen molar-refractivity contribution >= 4 is 132 Å². The lowest BCUT2D eigenvalue weighted by molar-refractivity contribution is -0.141. The molecule has 1 fully saturated rings. The molecule has 0 radical (unpaired) electrons. The number of rotatable bonds is 24. The molecular weight excluding hydrogens is 1510 g/mol. The van der Waals surface area contributed by atoms with Gasteiger partial charge in [0.05, 0.1) is 25.3 Å². The Morgan fingerprint density at radius 2 is 1.01 bits per heavy atom. The van der Waals surface area contributed by atoms with Gasteiger partial charge in [-0.05, 0) is 96.5 Å². The van der Waals surface area contributed by atoms with Crippen molar-refractivity contribution in [3.8, 4) is 0 Å². The predicted molar refractivity (Wildman–Crippen MR) is 428 cm³/mol. The largest absolute Gasteiger partial charge is 0.481 e. The molecule has 4 aromatic carbocycles. The van der Waals surface area contributed by atoms with Crippen LogP contribution in [0.3, 0.4) is 0 Å². The molecule has 7 rings (SSSR count). The fourth-order valence-corrected chi connectivity index (χ4v) is 14.2. The molecule has 1 aliphatic heterocycles. The first-order chi connectivity index (χ1) is 54.9. The molecule has 37 heteroatoms. The van der Waals surface area contributed by atoms with Gasteiger partial charge in [-0.1, -0.05) is 133 Å². The topological polar surface area (TPSA) is 586 Å². The van der Waals surface area contributed by atoms with Crippen LogP contribution < -0.4 is 86.3 Å². The molecule has 36 nitrogen and oxygen atoms in total. The van der Waals surface area contributed by atoms with Crippen molar-refractivity contribution in [2.75, 3.05) is 37.7 Å². The zero-order valence-corrected chi connectivity index (χ0v) is 65.7. The monoisotopic (exact) mass is 1610 g/mol. The van der Waals surface area contributed by atoms with Crippen LogP contribution in [0.2, 0.25) is 0 Å². The summed E-state index contributed by atoms with van der Waals surface area (Å²) in [4.78, 5) is 207. The van der Waals surface area contributed by atoms with Crippen LogP contribution in [0.15, 0.2) is 103 Å². The van der Waals surface area contributed by atoms with Crippen molar-refractivity contribution in [1.82, 2.24) is 79.1 Å². The Morgan fingerprint density at radius 1 is 0.530 bits per heavy atom. The van der Waals surface area contributed by atoms with Crippen LogP contribution in [0, 0.1) is 17.2 Å². The molecule has 115 heavy (non-hydrogen) atoms. The van der Waals surface area contributed by atoms with Gasteiger partial charge < -0.3 is 107 Å². The highest BCUT2D eigenvalue weighted by Gasteiger charge is 2.39. The Hall–Kier alpha value is -11.9. The molecule has 13 amide bonds. The van der Waals surface area contributed by atoms with E-state index in [0.29, 0.717) is 57.8 Å². The van der Waals surface area contributed by atoms with Crippen LogP contribution in [0.5, 0.6) is 0 Å². The molecule has 2 aromatic heterocycles. The van der Waals surface area contributed by atoms with E-state index in [2.05, 4.69) is 79.1 Å². The van der Waals surface area contributed by atoms with Gasteiger partial charge in [0.25, 0.3) is 0 Å². The standard InChI is InChI=1S/C78H107N19O17S/c1-6-8-22-54-70(106)89-55(25-15-16-29-79)71(107)91-58(34-48-37-85-52-24-14-12-21-50(48)52)75(111)96-65(42(3)4)76(112)95-61(67(80)103)40-115(114)41-63(100)88-56(32-44-27-28-45-18-9-10-19-46(45)31-44)74(110)97-66(43(5)7-2)77(113)94-60(39-98)68(104)86-38-62(99)87-53(26-17-30-83-78(81)82)69(105)93-59(35-64(101)102)73(109)92-57(72(108)90-54)33-47-36-84-51-23-13-11-20-49(47)51/h9-14,18-21,23-24,27-28,31,36-37,42-43,53-61,65-66,84-85,98H,6-8,15-17,22,25-26,29-30,32-35,38-41,79H2,1-5H3,(H2,80,103)(H,86,104)(H,87,99)(H,88,100)(H,89,106)(H,90,108)(H,91,107)(H,92,109)(H,93,105)(H,94,113)(H,95,112)(H,96,111)(H,97,110)(H,101,102)(H4,81,82,83)/t43-,53-,54-,55-,56+,57-,58-,59-,60-,61-,65-,66-,115?/m0/s1. The summed E-state index contributed by atoms with van der Waals surface area (Å²) in [5.74, 6) is -18.6. The number of H-pyrrole nitrogens is 2. The summed E-state index contributed by atoms with van der Waals surface area (Å²) >= 11 is 0. The Labute approximate surface area is 666 Å². The third kappa shape index (κ3) is 27.5. The highest BCUT2D eigenvalue weighted by molar-refractivity contribution is 7.85. The van der Waals surface area contributed by atoms with Gasteiger partial charge in [-0.15, -0.1) is 0 Å². The van der Waals surface area contributed by atoms with Gasteiger partial charge in [-0.25, -0.2) is 0 Å². The zero-order chi connectivity index (χ0) is 84.0. The lowest BCUT2D eigenvalue weighted by Crippen LogP contribution is -2.61. The van der Waals surface area contributed by atoms with Gasteiger partial charge >= 0.3 is 5.97 Å². The van der Waals surface area contributed by atoms with E-state index < -0.39 is 209 Å². The third-order valence-electron chi connectivity index (χ3n) is 19.7. The highest BCUT2D eigenvalue weighted by atomic mass is 32.2. The first-order valence-corrected chi connectivity index (χ1v) is 39.8. The second-order valence-corrected chi connectivity index (χ2v) is 30.3. The van der Waals surface area contributed by atoms with Crippen LogP contribution in [0.4, 0.5) is 0 Å². The lowest BCUT2D eigenvalue weighted by Gasteiger charge is -2.29. The number of aliphatic hydroxyl groups excluding tert-OH is 1. The molecule has 13 atom stereocenters. The van der Waals surface area contributed by atoms with Crippen molar-refractivity contribution in [3.63, 3.8) is 0 Å². The fourth-order valence-electron chi connectivity index (χ4n) is 13.1. The number of para-hydroxylation sites is 2. The number of hydrogen-bond donors (Lipinski definition) is 21. The van der Waals surface area contributed by atoms with Gasteiger partial charge in [-0.3, -0.25) is 76.7 Å². The van der Waals surface area contributed by atoms with Crippen molar-refractivity contribution < 1.29 is 81.5 Å². The first kappa shape index (κ1) is 90.3. The number of benzene rings is 4. The Morgan fingerprint density at radius 3 is 1.56 bits per heavy atom. The number of amides is 13. The molecule has 24 N–H and O–H groups in total. The van der Waals surface area contributed by atoms with Gasteiger partial charge in [0, 0.05) is 70.8 Å². The Bertz CT molecular complexity index is 4490. The smallest absolute Gasteiger partial charge is 0.305 e. The number of unbranched alkanes of at least 4 members (excludes halogenated alkanes) is 2. The Kier molecular flexibility index (Phi) is 35.0. The van der Waals surface area contributed by atoms with Crippen molar-refractivity contribution in [1.29, 1.82) is 5.41 Å². The quantitative estimate of drug-likeness (QED) is 0.0182. The lowest BCUT2D eigenvalue weighted by atomic mass is 9.96. The molecule has 1 aliphatic rings. The number of aromatic amines is 2. The minimum Gasteiger partial charge on any atom is -0.481 e. The third-order valence-corrected chi connectivity index (χ3v) is 20.9. The molecule has 0 spiro atoms. The SMILES string of the molecule is CCCC[C@@H]1NC(=O)[C@H](Cc2c[nH]c3ccccc23)NC(=O)[C@H](CC(=O)O)NC(=O)[C@H](CCCNC(=N)N)NC(=O)CNC(=O)[C@H](CO)NC(=O)[C@H]([C@@H](C)CC)NC(=O)[C@@H](Cc2ccc3ccccc3c2)NC(=O)CS(=O)C[C@@H](C(N)=O)NC(=O)[C@H](C(C)C)NC(=O)[C@H](Cc2c[nH]c3ccccc23)NC(=O)[C@H](CCCCN)NC1=O. The molecule has 622 valence electrons. The summed E-state index contributed by atoms with van der Waals surface area (Å²) < 4.78 is 14.1. The molecular formula is C78H107N19O17S. The maximum absolute atomic E-state index is 15.1. The van der Waals surface area contributed by atoms with Crippen molar-refractivity contribution in [3.05, 3.63) is 120 Å². The fraction of sp³-hybridized carbons (Fsp3) is 0.474. The molecule has 0 saturated carbocycles. The summed E-state index contributed by atoms with van der Waals surface area (Å²) in [5.41, 5.74) is 20.1. The van der Waals surface area contributed by atoms with Gasteiger partial charge in [0.2, 0.25) is 76.8 Å². The molecule has 1 saturated heterocycles. The first-order valence-electron chi connectivity index (χ1n) is 38.3. The van der Waals surface area contributed by atoms with E-state index in [4.69, 9.17) is 22.6 Å². The molecule has 1 unspecified atom stereocenters. The van der Waals surface area contributed by atoms with Crippen LogP contribution in [0.1, 0.15) is 116 Å². The number of fused-ring (bicyclic) bond motifs is 3. The van der Waals surface area contributed by atoms with Crippen molar-refractivity contribution in [2.45, 2.75) is 185 Å². The maximum Gasteiger partial charge on any atom is 0.305 e. The number of carbonyl (C=O) groups excluding carboxylic acids is 13. The zero-order valence-electron chi connectivity index (χ0n) is 64.9. The number of nitrogens with two attached hydrogens (primary N) is 3. The summed E-state index contributed by atoms with van der Waals surface area (Å²) in [5, 5.41) is 64.6. The molecule has 6 aromatic rings. The molecule has 0 aliphatic carbocycles. The van der Waals surface area contributed by atoms with E-state index in [0.717, 1.165) is 10.8 Å². The summed E-state index contributed by atoms with van der Waals surface area (Å²) in [6.45, 7) is 6.36. The average Bonchev–Trinajstić information content (AvgIpc) is 1.70. The van der Waals surface area contributed by atoms with Crippen LogP contribution in [-0.2, 0) is 97.2 Å². The Balaban J connectivity index is 1.28. The normalized spacial score (nSPS) is 23.5. The number of carbonyl (C=O) groups is 14. The van der Waals surface area contributed by atoms with E-state index >= 15 is 14.4 Å². The second kappa shape index (κ2) is 44.6. The number of guanidine groups is 1. The maximum atomic E-state index is 15.1. The highest BCUT2D eigenvalue weighted by Crippen LogP contribution is 2.23. The summed E-state index contributed by atoms with van der Waals surface area (Å²) in [6, 6.07) is 8.75. The number of carboxylic acids is 1. The van der Waals surface area contributed by atoms with E-state index in [1.54, 1.807) is 113 Å². The van der Waals surface area contributed by atoms with Gasteiger partial charge in [0.1, 0.15) is 72.2 Å². The van der Waals surface area contributed by atoms with Crippen molar-refractivity contribution in [2.24, 2.45) is 29.0 Å². The minimum atomic E-state index is -2.35. The number of hydrogen-bond acceptors (Lipinski definition) is 18. The molecule has 3 heterocycles. The predicted octanol–water partition coefficient (Wildman–Crippen LogP) is -1.72. The number of aliphatic hydroxyl groups is 1. The van der Waals surface area contributed by atoms with Crippen LogP contribution in [0.25, 0.3) is 32.6 Å². The average molecular weight is 1610 g/mol. The van der Waals surface area contributed by atoms with Crippen LogP contribution >= 0.6 is 0 Å². The minimum absolute atomic E-state index is 0.00891. The van der Waals surface area contributed by atoms with Gasteiger partial charge in [0.15, 0.2) is 5.96 Å². The van der Waals surface area contributed by atoms with Crippen LogP contribution in [-0.4, -0.2) is 217 Å². The number of nitrogens with one attached hydrogen (secondary N) is 16. The van der Waals surface area contributed by atoms with E-state index in [1.165, 1.54) is 0 Å². The van der Waals surface area contributed by atoms with E-state index in [-0.39, 0.29) is 70.9 Å². The summed E-state index contributed by atoms with van der Waals surface area (Å²) in [7, 11) is -2.35. The number of carboxylic acid groups (broad SMARTS) is 1. The van der Waals surface area contributed by atoms with Gasteiger partial charge in [-0.2, -0.15) is 0 Å².